The van der Waals surface area contributed by atoms with Gasteiger partial charge in [-0.25, -0.2) is 9.67 Å². The lowest BCUT2D eigenvalue weighted by Gasteiger charge is -2.05. The van der Waals surface area contributed by atoms with Crippen molar-refractivity contribution in [2.45, 2.75) is 27.2 Å². The monoisotopic (exact) mass is 326 g/mol. The Hall–Kier alpha value is -3.03. The van der Waals surface area contributed by atoms with Crippen molar-refractivity contribution in [1.82, 2.24) is 30.2 Å². The average molecular weight is 326 g/mol. The second kappa shape index (κ2) is 6.61. The molecule has 8 nitrogen and oxygen atoms in total. The summed E-state index contributed by atoms with van der Waals surface area (Å²) in [5.41, 5.74) is 1.99. The van der Waals surface area contributed by atoms with Gasteiger partial charge < -0.3 is 9.84 Å². The molecule has 0 fully saturated rings. The van der Waals surface area contributed by atoms with Crippen LogP contribution in [0, 0.1) is 6.92 Å². The van der Waals surface area contributed by atoms with Crippen molar-refractivity contribution in [3.63, 3.8) is 0 Å². The van der Waals surface area contributed by atoms with E-state index in [0.717, 1.165) is 5.56 Å². The van der Waals surface area contributed by atoms with Gasteiger partial charge in [0.05, 0.1) is 17.5 Å². The van der Waals surface area contributed by atoms with Gasteiger partial charge in [-0.1, -0.05) is 12.1 Å². The van der Waals surface area contributed by atoms with Crippen LogP contribution in [0.15, 0.2) is 29.0 Å². The number of nitrogens with zero attached hydrogens (tertiary/aromatic N) is 5. The van der Waals surface area contributed by atoms with Crippen LogP contribution >= 0.6 is 0 Å². The van der Waals surface area contributed by atoms with E-state index in [4.69, 9.17) is 4.52 Å². The van der Waals surface area contributed by atoms with E-state index in [1.54, 1.807) is 23.0 Å². The largest absolute Gasteiger partial charge is 0.352 e. The predicted molar refractivity (Wildman–Crippen MR) is 86.8 cm³/mol. The van der Waals surface area contributed by atoms with Crippen molar-refractivity contribution in [1.29, 1.82) is 0 Å². The highest BCUT2D eigenvalue weighted by molar-refractivity contribution is 5.95. The molecule has 0 bridgehead atoms. The maximum absolute atomic E-state index is 12.0. The number of carbonyl (C=O) groups excluding carboxylic acids is 1. The summed E-state index contributed by atoms with van der Waals surface area (Å²) in [6.07, 6.45) is 3.89. The Morgan fingerprint density at radius 2 is 2.21 bits per heavy atom. The second-order valence-corrected chi connectivity index (χ2v) is 5.19. The molecule has 1 amide bonds. The summed E-state index contributed by atoms with van der Waals surface area (Å²) in [6, 6.07) is 3.59. The number of hydrogen-bond acceptors (Lipinski definition) is 6. The van der Waals surface area contributed by atoms with Gasteiger partial charge in [0, 0.05) is 24.7 Å². The quantitative estimate of drug-likeness (QED) is 0.769. The highest BCUT2D eigenvalue weighted by atomic mass is 16.5. The minimum absolute atomic E-state index is 0.151. The molecule has 0 radical (unpaired) electrons. The second-order valence-electron chi connectivity index (χ2n) is 5.19. The first kappa shape index (κ1) is 15.9. The lowest BCUT2D eigenvalue weighted by molar-refractivity contribution is 0.0955. The Kier molecular flexibility index (Phi) is 4.37. The maximum Gasteiger partial charge on any atom is 0.258 e. The third-order valence-electron chi connectivity index (χ3n) is 3.59. The van der Waals surface area contributed by atoms with E-state index < -0.39 is 0 Å². The van der Waals surface area contributed by atoms with E-state index >= 15 is 0 Å². The van der Waals surface area contributed by atoms with Crippen LogP contribution in [-0.2, 0) is 6.42 Å². The van der Waals surface area contributed by atoms with Crippen LogP contribution in [0.4, 0.5) is 0 Å². The number of nitrogens with one attached hydrogen (secondary N) is 1. The first-order valence-electron chi connectivity index (χ1n) is 7.76. The van der Waals surface area contributed by atoms with Crippen LogP contribution in [-0.4, -0.2) is 37.4 Å². The molecule has 0 aliphatic rings. The minimum Gasteiger partial charge on any atom is -0.352 e. The number of hydrogen-bond donors (Lipinski definition) is 1. The van der Waals surface area contributed by atoms with Gasteiger partial charge in [-0.2, -0.15) is 10.1 Å². The first-order valence-corrected chi connectivity index (χ1v) is 7.76. The smallest absolute Gasteiger partial charge is 0.258 e. The molecule has 3 aromatic rings. The third kappa shape index (κ3) is 2.90. The summed E-state index contributed by atoms with van der Waals surface area (Å²) in [6.45, 7) is 6.22. The molecule has 0 saturated heterocycles. The van der Waals surface area contributed by atoms with E-state index in [1.165, 1.54) is 6.20 Å². The number of rotatable bonds is 5. The Balaban J connectivity index is 1.96. The minimum atomic E-state index is -0.151. The molecule has 0 atom stereocenters. The van der Waals surface area contributed by atoms with Gasteiger partial charge >= 0.3 is 0 Å². The summed E-state index contributed by atoms with van der Waals surface area (Å²) in [4.78, 5) is 20.7. The number of amides is 1. The summed E-state index contributed by atoms with van der Waals surface area (Å²) in [5, 5.41) is 10.9. The molecule has 0 unspecified atom stereocenters. The molecule has 0 aliphatic carbocycles. The topological polar surface area (TPSA) is 98.7 Å². The van der Waals surface area contributed by atoms with Crippen molar-refractivity contribution in [3.8, 4) is 17.3 Å². The lowest BCUT2D eigenvalue weighted by atomic mass is 10.2. The summed E-state index contributed by atoms with van der Waals surface area (Å²) < 4.78 is 6.87. The van der Waals surface area contributed by atoms with E-state index in [-0.39, 0.29) is 5.91 Å². The van der Waals surface area contributed by atoms with E-state index in [0.29, 0.717) is 41.8 Å². The fourth-order valence-corrected chi connectivity index (χ4v) is 2.30. The Morgan fingerprint density at radius 1 is 1.38 bits per heavy atom. The Morgan fingerprint density at radius 3 is 2.92 bits per heavy atom. The van der Waals surface area contributed by atoms with Gasteiger partial charge in [0.2, 0.25) is 0 Å². The molecular formula is C16H18N6O2. The van der Waals surface area contributed by atoms with Crippen molar-refractivity contribution in [2.75, 3.05) is 6.54 Å². The van der Waals surface area contributed by atoms with Gasteiger partial charge in [-0.3, -0.25) is 4.79 Å². The number of aryl methyl sites for hydroxylation is 1. The summed E-state index contributed by atoms with van der Waals surface area (Å²) in [7, 11) is 0. The van der Waals surface area contributed by atoms with E-state index in [2.05, 4.69) is 25.5 Å². The van der Waals surface area contributed by atoms with Gasteiger partial charge in [0.1, 0.15) is 0 Å². The number of pyridine rings is 1. The molecule has 8 heteroatoms. The van der Waals surface area contributed by atoms with Crippen LogP contribution in [0.1, 0.15) is 35.7 Å². The van der Waals surface area contributed by atoms with E-state index in [9.17, 15) is 4.79 Å². The predicted octanol–water partition coefficient (Wildman–Crippen LogP) is 1.94. The van der Waals surface area contributed by atoms with Gasteiger partial charge in [-0.15, -0.1) is 0 Å². The Labute approximate surface area is 138 Å². The summed E-state index contributed by atoms with van der Waals surface area (Å²) in [5.74, 6) is 1.51. The molecule has 0 saturated carbocycles. The molecule has 0 aliphatic heterocycles. The zero-order valence-electron chi connectivity index (χ0n) is 13.8. The molecule has 24 heavy (non-hydrogen) atoms. The molecule has 1 N–H and O–H groups in total. The molecule has 3 heterocycles. The van der Waals surface area contributed by atoms with Crippen LogP contribution in [0.3, 0.4) is 0 Å². The first-order chi connectivity index (χ1) is 11.6. The van der Waals surface area contributed by atoms with E-state index in [1.807, 2.05) is 20.8 Å². The van der Waals surface area contributed by atoms with Crippen LogP contribution in [0.25, 0.3) is 17.3 Å². The molecule has 3 rings (SSSR count). The molecule has 0 aromatic carbocycles. The standard InChI is InChI=1S/C16H18N6O2/c1-4-13-20-16(24-21-13)11-6-7-18-14(8-11)22-10(3)12(9-19-22)15(23)17-5-2/h6-9H,4-5H2,1-3H3,(H,17,23). The van der Waals surface area contributed by atoms with Crippen molar-refractivity contribution >= 4 is 5.91 Å². The molecule has 3 aromatic heterocycles. The average Bonchev–Trinajstić information content (AvgIpc) is 3.22. The molecular weight excluding hydrogens is 308 g/mol. The fraction of sp³-hybridized carbons (Fsp3) is 0.312. The van der Waals surface area contributed by atoms with Crippen LogP contribution in [0.2, 0.25) is 0 Å². The Bertz CT molecular complexity index is 867. The SMILES string of the molecule is CCNC(=O)c1cnn(-c2cc(-c3nc(CC)no3)ccn2)c1C. The fourth-order valence-electron chi connectivity index (χ4n) is 2.30. The van der Waals surface area contributed by atoms with Crippen molar-refractivity contribution in [3.05, 3.63) is 41.6 Å². The third-order valence-corrected chi connectivity index (χ3v) is 3.59. The molecule has 0 spiro atoms. The number of carbonyl (C=O) groups is 1. The zero-order valence-corrected chi connectivity index (χ0v) is 13.8. The highest BCUT2D eigenvalue weighted by Gasteiger charge is 2.16. The normalized spacial score (nSPS) is 10.8. The highest BCUT2D eigenvalue weighted by Crippen LogP contribution is 2.20. The lowest BCUT2D eigenvalue weighted by Crippen LogP contribution is -2.23. The zero-order chi connectivity index (χ0) is 17.1. The summed E-state index contributed by atoms with van der Waals surface area (Å²) >= 11 is 0. The van der Waals surface area contributed by atoms with Crippen LogP contribution in [0.5, 0.6) is 0 Å². The van der Waals surface area contributed by atoms with Crippen molar-refractivity contribution < 1.29 is 9.32 Å². The van der Waals surface area contributed by atoms with Crippen molar-refractivity contribution in [2.24, 2.45) is 0 Å². The number of aromatic nitrogens is 5. The molecule has 124 valence electrons. The maximum atomic E-state index is 12.0. The van der Waals surface area contributed by atoms with Gasteiger partial charge in [0.25, 0.3) is 11.8 Å². The van der Waals surface area contributed by atoms with Gasteiger partial charge in [-0.05, 0) is 26.0 Å². The van der Waals surface area contributed by atoms with Crippen LogP contribution < -0.4 is 5.32 Å². The van der Waals surface area contributed by atoms with Gasteiger partial charge in [0.15, 0.2) is 11.6 Å².